The Bertz CT molecular complexity index is 562. The van der Waals surface area contributed by atoms with Gasteiger partial charge in [-0.3, -0.25) is 0 Å². The number of benzene rings is 2. The zero-order chi connectivity index (χ0) is 13.1. The molecule has 0 aliphatic rings. The number of halogens is 2. The molecular weight excluding hydrogens is 258 g/mol. The molecule has 0 amide bonds. The molecule has 0 spiro atoms. The number of carbonyl (C=O) groups is 1. The fourth-order valence-corrected chi connectivity index (χ4v) is 2.33. The van der Waals surface area contributed by atoms with Crippen LogP contribution in [0, 0.1) is 11.6 Å². The summed E-state index contributed by atoms with van der Waals surface area (Å²) in [4.78, 5) is 11.8. The minimum Gasteiger partial charge on any atom is -0.477 e. The van der Waals surface area contributed by atoms with Crippen molar-refractivity contribution in [1.29, 1.82) is 0 Å². The standard InChI is InChI=1S/C13H8F2O2S/c14-10-6-9(7-11(15)12(10)13(16)17)18-8-4-2-1-3-5-8/h1-7H,(H,16,17). The molecule has 0 aliphatic carbocycles. The number of hydrogen-bond donors (Lipinski definition) is 1. The normalized spacial score (nSPS) is 10.3. The summed E-state index contributed by atoms with van der Waals surface area (Å²) >= 11 is 1.16. The summed E-state index contributed by atoms with van der Waals surface area (Å²) in [6, 6.07) is 11.1. The Hall–Kier alpha value is -1.88. The number of carboxylic acid groups (broad SMARTS) is 1. The quantitative estimate of drug-likeness (QED) is 0.917. The Morgan fingerprint density at radius 1 is 1.00 bits per heavy atom. The molecule has 0 aromatic heterocycles. The van der Waals surface area contributed by atoms with Crippen LogP contribution in [-0.4, -0.2) is 11.1 Å². The van der Waals surface area contributed by atoms with E-state index in [0.29, 0.717) is 4.90 Å². The number of carboxylic acids is 1. The molecule has 0 heterocycles. The Kier molecular flexibility index (Phi) is 3.62. The van der Waals surface area contributed by atoms with Crippen molar-refractivity contribution < 1.29 is 18.7 Å². The second-order valence-corrected chi connectivity index (χ2v) is 4.63. The number of aromatic carboxylic acids is 1. The fraction of sp³-hybridized carbons (Fsp3) is 0. The number of hydrogen-bond acceptors (Lipinski definition) is 2. The van der Waals surface area contributed by atoms with Gasteiger partial charge in [-0.2, -0.15) is 0 Å². The molecule has 18 heavy (non-hydrogen) atoms. The first kappa shape index (κ1) is 12.6. The predicted molar refractivity (Wildman–Crippen MR) is 63.9 cm³/mol. The lowest BCUT2D eigenvalue weighted by atomic mass is 10.2. The van der Waals surface area contributed by atoms with Gasteiger partial charge in [0.15, 0.2) is 0 Å². The van der Waals surface area contributed by atoms with Crippen LogP contribution in [0.5, 0.6) is 0 Å². The lowest BCUT2D eigenvalue weighted by molar-refractivity contribution is 0.0686. The van der Waals surface area contributed by atoms with Crippen molar-refractivity contribution in [1.82, 2.24) is 0 Å². The minimum absolute atomic E-state index is 0.321. The van der Waals surface area contributed by atoms with Gasteiger partial charge < -0.3 is 5.11 Å². The third kappa shape index (κ3) is 2.68. The van der Waals surface area contributed by atoms with E-state index < -0.39 is 23.2 Å². The van der Waals surface area contributed by atoms with Crippen molar-refractivity contribution in [3.8, 4) is 0 Å². The van der Waals surface area contributed by atoms with Gasteiger partial charge in [0.1, 0.15) is 17.2 Å². The lowest BCUT2D eigenvalue weighted by Gasteiger charge is -2.05. The first-order valence-electron chi connectivity index (χ1n) is 5.03. The van der Waals surface area contributed by atoms with Gasteiger partial charge in [-0.05, 0) is 24.3 Å². The predicted octanol–water partition coefficient (Wildman–Crippen LogP) is 3.81. The summed E-state index contributed by atoms with van der Waals surface area (Å²) in [6.07, 6.45) is 0. The van der Waals surface area contributed by atoms with Crippen LogP contribution in [0.2, 0.25) is 0 Å². The van der Waals surface area contributed by atoms with Crippen molar-refractivity contribution in [2.75, 3.05) is 0 Å². The van der Waals surface area contributed by atoms with E-state index in [9.17, 15) is 13.6 Å². The van der Waals surface area contributed by atoms with E-state index in [4.69, 9.17) is 5.11 Å². The zero-order valence-corrected chi connectivity index (χ0v) is 9.88. The Balaban J connectivity index is 2.34. The molecule has 2 rings (SSSR count). The average Bonchev–Trinajstić information content (AvgIpc) is 2.28. The Morgan fingerprint density at radius 2 is 1.56 bits per heavy atom. The molecule has 1 N–H and O–H groups in total. The van der Waals surface area contributed by atoms with E-state index in [0.717, 1.165) is 28.8 Å². The molecule has 0 saturated heterocycles. The summed E-state index contributed by atoms with van der Waals surface area (Å²) in [6.45, 7) is 0. The average molecular weight is 266 g/mol. The third-order valence-corrected chi connectivity index (χ3v) is 3.19. The highest BCUT2D eigenvalue weighted by atomic mass is 32.2. The molecular formula is C13H8F2O2S. The molecule has 0 radical (unpaired) electrons. The molecule has 2 aromatic carbocycles. The summed E-state index contributed by atoms with van der Waals surface area (Å²) in [7, 11) is 0. The van der Waals surface area contributed by atoms with E-state index in [1.807, 2.05) is 6.07 Å². The Morgan fingerprint density at radius 3 is 2.06 bits per heavy atom. The molecule has 0 bridgehead atoms. The first-order valence-corrected chi connectivity index (χ1v) is 5.85. The molecule has 2 aromatic rings. The summed E-state index contributed by atoms with van der Waals surface area (Å²) in [5.74, 6) is -3.75. The summed E-state index contributed by atoms with van der Waals surface area (Å²) in [5.41, 5.74) is -0.924. The fourth-order valence-electron chi connectivity index (χ4n) is 1.44. The Labute approximate surface area is 106 Å². The van der Waals surface area contributed by atoms with Crippen molar-refractivity contribution in [3.05, 3.63) is 59.7 Å². The summed E-state index contributed by atoms with van der Waals surface area (Å²) < 4.78 is 26.9. The zero-order valence-electron chi connectivity index (χ0n) is 9.06. The lowest BCUT2D eigenvalue weighted by Crippen LogP contribution is -2.04. The number of rotatable bonds is 3. The van der Waals surface area contributed by atoms with Crippen LogP contribution >= 0.6 is 11.8 Å². The maximum atomic E-state index is 13.4. The van der Waals surface area contributed by atoms with Gasteiger partial charge in [0, 0.05) is 9.79 Å². The van der Waals surface area contributed by atoms with E-state index in [1.165, 1.54) is 0 Å². The summed E-state index contributed by atoms with van der Waals surface area (Å²) in [5, 5.41) is 8.64. The van der Waals surface area contributed by atoms with Crippen LogP contribution in [0.25, 0.3) is 0 Å². The smallest absolute Gasteiger partial charge is 0.341 e. The van der Waals surface area contributed by atoms with Crippen LogP contribution in [0.4, 0.5) is 8.78 Å². The van der Waals surface area contributed by atoms with Crippen molar-refractivity contribution in [2.45, 2.75) is 9.79 Å². The van der Waals surface area contributed by atoms with Crippen LogP contribution in [0.15, 0.2) is 52.3 Å². The molecule has 0 saturated carbocycles. The van der Waals surface area contributed by atoms with Crippen LogP contribution in [0.1, 0.15) is 10.4 Å². The molecule has 0 fully saturated rings. The highest BCUT2D eigenvalue weighted by molar-refractivity contribution is 7.99. The monoisotopic (exact) mass is 266 g/mol. The maximum Gasteiger partial charge on any atom is 0.341 e. The van der Waals surface area contributed by atoms with E-state index >= 15 is 0 Å². The van der Waals surface area contributed by atoms with Gasteiger partial charge in [0.05, 0.1) is 0 Å². The van der Waals surface area contributed by atoms with Gasteiger partial charge in [-0.15, -0.1) is 0 Å². The van der Waals surface area contributed by atoms with E-state index in [1.54, 1.807) is 24.3 Å². The van der Waals surface area contributed by atoms with Gasteiger partial charge in [-0.1, -0.05) is 30.0 Å². The van der Waals surface area contributed by atoms with Crippen LogP contribution in [0.3, 0.4) is 0 Å². The second kappa shape index (κ2) is 5.18. The maximum absolute atomic E-state index is 13.4. The van der Waals surface area contributed by atoms with E-state index in [2.05, 4.69) is 0 Å². The second-order valence-electron chi connectivity index (χ2n) is 3.48. The molecule has 0 aliphatic heterocycles. The third-order valence-electron chi connectivity index (χ3n) is 2.21. The minimum atomic E-state index is -1.61. The molecule has 5 heteroatoms. The van der Waals surface area contributed by atoms with Crippen molar-refractivity contribution >= 4 is 17.7 Å². The van der Waals surface area contributed by atoms with E-state index in [-0.39, 0.29) is 0 Å². The van der Waals surface area contributed by atoms with Gasteiger partial charge in [0.25, 0.3) is 0 Å². The van der Waals surface area contributed by atoms with Crippen molar-refractivity contribution in [2.24, 2.45) is 0 Å². The van der Waals surface area contributed by atoms with Crippen molar-refractivity contribution in [3.63, 3.8) is 0 Å². The first-order chi connectivity index (χ1) is 8.58. The molecule has 92 valence electrons. The highest BCUT2D eigenvalue weighted by Crippen LogP contribution is 2.29. The topological polar surface area (TPSA) is 37.3 Å². The highest BCUT2D eigenvalue weighted by Gasteiger charge is 2.17. The largest absolute Gasteiger partial charge is 0.477 e. The van der Waals surface area contributed by atoms with Crippen LogP contribution < -0.4 is 0 Å². The molecule has 0 unspecified atom stereocenters. The van der Waals surface area contributed by atoms with Gasteiger partial charge in [-0.25, -0.2) is 13.6 Å². The SMILES string of the molecule is O=C(O)c1c(F)cc(Sc2ccccc2)cc1F. The molecule has 0 atom stereocenters. The van der Waals surface area contributed by atoms with Crippen LogP contribution in [-0.2, 0) is 0 Å². The molecule has 2 nitrogen and oxygen atoms in total. The van der Waals surface area contributed by atoms with Gasteiger partial charge in [0.2, 0.25) is 0 Å². The van der Waals surface area contributed by atoms with Gasteiger partial charge >= 0.3 is 5.97 Å².